The lowest BCUT2D eigenvalue weighted by molar-refractivity contribution is -0.122. The number of rotatable bonds is 6. The number of ether oxygens (including phenoxy) is 2. The summed E-state index contributed by atoms with van der Waals surface area (Å²) < 4.78 is 11.0. The van der Waals surface area contributed by atoms with Crippen molar-refractivity contribution < 1.29 is 19.1 Å². The van der Waals surface area contributed by atoms with Gasteiger partial charge < -0.3 is 14.8 Å². The van der Waals surface area contributed by atoms with E-state index >= 15 is 0 Å². The van der Waals surface area contributed by atoms with E-state index in [1.54, 1.807) is 31.2 Å². The molecule has 27 heavy (non-hydrogen) atoms. The first-order valence-electron chi connectivity index (χ1n) is 8.31. The molecule has 0 heterocycles. The van der Waals surface area contributed by atoms with Gasteiger partial charge >= 0.3 is 0 Å². The van der Waals surface area contributed by atoms with E-state index in [1.807, 2.05) is 30.3 Å². The maximum absolute atomic E-state index is 12.5. The highest BCUT2D eigenvalue weighted by molar-refractivity contribution is 6.31. The summed E-state index contributed by atoms with van der Waals surface area (Å²) in [6, 6.07) is 16.0. The molecule has 3 rings (SSSR count). The van der Waals surface area contributed by atoms with E-state index in [1.165, 1.54) is 7.11 Å². The molecule has 0 radical (unpaired) electrons. The van der Waals surface area contributed by atoms with Crippen molar-refractivity contribution in [3.63, 3.8) is 0 Å². The number of carbonyl (C=O) groups is 2. The second-order valence-corrected chi connectivity index (χ2v) is 6.35. The lowest BCUT2D eigenvalue weighted by atomic mass is 10.0. The van der Waals surface area contributed by atoms with E-state index in [9.17, 15) is 9.59 Å². The SMILES string of the molecule is COc1ccc(Cl)cc1NC(=O)[C@@H](C)Oc1ccc2ccccc2c1C=O. The molecule has 0 spiro atoms. The van der Waals surface area contributed by atoms with Gasteiger partial charge in [0.2, 0.25) is 0 Å². The van der Waals surface area contributed by atoms with Crippen LogP contribution in [0.5, 0.6) is 11.5 Å². The molecule has 0 aliphatic carbocycles. The molecule has 1 N–H and O–H groups in total. The molecule has 6 heteroatoms. The Morgan fingerprint density at radius 3 is 2.59 bits per heavy atom. The molecule has 0 aliphatic heterocycles. The van der Waals surface area contributed by atoms with Gasteiger partial charge in [0, 0.05) is 5.02 Å². The highest BCUT2D eigenvalue weighted by Crippen LogP contribution is 2.29. The maximum Gasteiger partial charge on any atom is 0.265 e. The Morgan fingerprint density at radius 1 is 1.11 bits per heavy atom. The van der Waals surface area contributed by atoms with Crippen molar-refractivity contribution in [3.8, 4) is 11.5 Å². The third-order valence-electron chi connectivity index (χ3n) is 4.14. The van der Waals surface area contributed by atoms with Crippen LogP contribution in [0.15, 0.2) is 54.6 Å². The molecule has 0 bridgehead atoms. The minimum absolute atomic E-state index is 0.351. The van der Waals surface area contributed by atoms with Gasteiger partial charge in [0.25, 0.3) is 5.91 Å². The lowest BCUT2D eigenvalue weighted by Crippen LogP contribution is -2.30. The average molecular weight is 384 g/mol. The standard InChI is InChI=1S/C21H18ClNO4/c1-13(21(25)23-18-11-15(22)8-10-20(18)26-2)27-19-9-7-14-5-3-4-6-16(14)17(19)12-24/h3-13H,1-2H3,(H,23,25)/t13-/m1/s1. The monoisotopic (exact) mass is 383 g/mol. The predicted octanol–water partition coefficient (Wildman–Crippen LogP) is 4.72. The highest BCUT2D eigenvalue weighted by atomic mass is 35.5. The van der Waals surface area contributed by atoms with Crippen LogP contribution in [0.2, 0.25) is 5.02 Å². The number of amides is 1. The summed E-state index contributed by atoms with van der Waals surface area (Å²) in [5.74, 6) is 0.448. The number of methoxy groups -OCH3 is 1. The number of carbonyl (C=O) groups excluding carboxylic acids is 2. The lowest BCUT2D eigenvalue weighted by Gasteiger charge is -2.18. The first-order valence-corrected chi connectivity index (χ1v) is 8.69. The third kappa shape index (κ3) is 4.04. The molecule has 1 atom stereocenters. The normalized spacial score (nSPS) is 11.7. The van der Waals surface area contributed by atoms with Crippen molar-refractivity contribution in [3.05, 3.63) is 65.2 Å². The number of aldehydes is 1. The Kier molecular flexibility index (Phi) is 5.62. The van der Waals surface area contributed by atoms with Crippen LogP contribution in [-0.2, 0) is 4.79 Å². The Morgan fingerprint density at radius 2 is 1.85 bits per heavy atom. The maximum atomic E-state index is 12.5. The van der Waals surface area contributed by atoms with E-state index in [0.29, 0.717) is 27.8 Å². The predicted molar refractivity (Wildman–Crippen MR) is 106 cm³/mol. The number of hydrogen-bond donors (Lipinski definition) is 1. The molecule has 3 aromatic rings. The van der Waals surface area contributed by atoms with Crippen molar-refractivity contribution in [1.82, 2.24) is 0 Å². The molecule has 0 aromatic heterocycles. The molecule has 5 nitrogen and oxygen atoms in total. The first kappa shape index (κ1) is 18.7. The summed E-state index contributed by atoms with van der Waals surface area (Å²) in [5, 5.41) is 4.90. The van der Waals surface area contributed by atoms with Crippen molar-refractivity contribution in [1.29, 1.82) is 0 Å². The third-order valence-corrected chi connectivity index (χ3v) is 4.38. The van der Waals surface area contributed by atoms with E-state index in [0.717, 1.165) is 17.1 Å². The van der Waals surface area contributed by atoms with E-state index in [-0.39, 0.29) is 5.91 Å². The Balaban J connectivity index is 1.82. The van der Waals surface area contributed by atoms with Gasteiger partial charge in [0.15, 0.2) is 12.4 Å². The summed E-state index contributed by atoms with van der Waals surface area (Å²) in [4.78, 5) is 24.1. The second kappa shape index (κ2) is 8.10. The number of anilines is 1. The van der Waals surface area contributed by atoms with Gasteiger partial charge in [-0.15, -0.1) is 0 Å². The number of benzene rings is 3. The van der Waals surface area contributed by atoms with Gasteiger partial charge in [0.05, 0.1) is 18.4 Å². The average Bonchev–Trinajstić information content (AvgIpc) is 2.68. The van der Waals surface area contributed by atoms with Gasteiger partial charge in [0.1, 0.15) is 11.5 Å². The molecule has 0 saturated heterocycles. The van der Waals surface area contributed by atoms with Crippen molar-refractivity contribution in [2.24, 2.45) is 0 Å². The zero-order chi connectivity index (χ0) is 19.4. The minimum atomic E-state index is -0.839. The molecular formula is C21H18ClNO4. The summed E-state index contributed by atoms with van der Waals surface area (Å²) in [5.41, 5.74) is 0.854. The number of hydrogen-bond acceptors (Lipinski definition) is 4. The zero-order valence-corrected chi connectivity index (χ0v) is 15.6. The molecule has 0 unspecified atom stereocenters. The molecule has 0 aliphatic rings. The van der Waals surface area contributed by atoms with E-state index in [4.69, 9.17) is 21.1 Å². The van der Waals surface area contributed by atoms with Crippen LogP contribution >= 0.6 is 11.6 Å². The Labute approximate surface area is 161 Å². The topological polar surface area (TPSA) is 64.6 Å². The minimum Gasteiger partial charge on any atom is -0.495 e. The zero-order valence-electron chi connectivity index (χ0n) is 14.9. The van der Waals surface area contributed by atoms with Gasteiger partial charge in [-0.2, -0.15) is 0 Å². The molecule has 3 aromatic carbocycles. The van der Waals surface area contributed by atoms with Crippen molar-refractivity contribution >= 4 is 40.3 Å². The fraction of sp³-hybridized carbons (Fsp3) is 0.143. The van der Waals surface area contributed by atoms with Crippen LogP contribution in [0.25, 0.3) is 10.8 Å². The second-order valence-electron chi connectivity index (χ2n) is 5.91. The first-order chi connectivity index (χ1) is 13.0. The van der Waals surface area contributed by atoms with Crippen molar-refractivity contribution in [2.45, 2.75) is 13.0 Å². The Hall–Kier alpha value is -3.05. The van der Waals surface area contributed by atoms with Crippen LogP contribution in [0.1, 0.15) is 17.3 Å². The fourth-order valence-electron chi connectivity index (χ4n) is 2.76. The van der Waals surface area contributed by atoms with Crippen molar-refractivity contribution in [2.75, 3.05) is 12.4 Å². The van der Waals surface area contributed by atoms with E-state index < -0.39 is 6.10 Å². The number of nitrogens with one attached hydrogen (secondary N) is 1. The summed E-state index contributed by atoms with van der Waals surface area (Å²) in [7, 11) is 1.50. The molecule has 1 amide bonds. The van der Waals surface area contributed by atoms with Gasteiger partial charge in [-0.05, 0) is 42.0 Å². The summed E-state index contributed by atoms with van der Waals surface area (Å²) in [6.07, 6.45) is -0.101. The van der Waals surface area contributed by atoms with E-state index in [2.05, 4.69) is 5.32 Å². The molecule has 138 valence electrons. The smallest absolute Gasteiger partial charge is 0.265 e. The summed E-state index contributed by atoms with van der Waals surface area (Å²) >= 11 is 5.98. The summed E-state index contributed by atoms with van der Waals surface area (Å²) in [6.45, 7) is 1.61. The quantitative estimate of drug-likeness (QED) is 0.625. The molecule has 0 fully saturated rings. The Bertz CT molecular complexity index is 1000. The largest absolute Gasteiger partial charge is 0.495 e. The van der Waals surface area contributed by atoms with Crippen LogP contribution in [0.3, 0.4) is 0 Å². The number of fused-ring (bicyclic) bond motifs is 1. The highest BCUT2D eigenvalue weighted by Gasteiger charge is 2.19. The molecular weight excluding hydrogens is 366 g/mol. The van der Waals surface area contributed by atoms with Gasteiger partial charge in [-0.3, -0.25) is 9.59 Å². The number of halogens is 1. The van der Waals surface area contributed by atoms with Gasteiger partial charge in [-0.25, -0.2) is 0 Å². The van der Waals surface area contributed by atoms with Crippen LogP contribution in [-0.4, -0.2) is 25.4 Å². The molecule has 0 saturated carbocycles. The van der Waals surface area contributed by atoms with Gasteiger partial charge in [-0.1, -0.05) is 41.9 Å². The van der Waals surface area contributed by atoms with Crippen LogP contribution < -0.4 is 14.8 Å². The van der Waals surface area contributed by atoms with Crippen LogP contribution in [0, 0.1) is 0 Å². The van der Waals surface area contributed by atoms with Crippen LogP contribution in [0.4, 0.5) is 5.69 Å². The fourth-order valence-corrected chi connectivity index (χ4v) is 2.93.